The van der Waals surface area contributed by atoms with Crippen molar-refractivity contribution >= 4 is 18.1 Å². The van der Waals surface area contributed by atoms with E-state index in [1.165, 1.54) is 12.1 Å². The first-order chi connectivity index (χ1) is 9.16. The van der Waals surface area contributed by atoms with Gasteiger partial charge in [0.05, 0.1) is 11.6 Å². The molecule has 0 amide bonds. The van der Waals surface area contributed by atoms with Gasteiger partial charge in [0, 0.05) is 0 Å². The smallest absolute Gasteiger partial charge is 0.400 e. The Balaban J connectivity index is 1.96. The molecule has 0 saturated heterocycles. The average molecular weight is 260 g/mol. The third kappa shape index (κ3) is 3.25. The highest BCUT2D eigenvalue weighted by molar-refractivity contribution is 5.89. The van der Waals surface area contributed by atoms with Crippen LogP contribution in [0.3, 0.4) is 0 Å². The maximum atomic E-state index is 11.5. The molecule has 0 saturated carbocycles. The van der Waals surface area contributed by atoms with Gasteiger partial charge in [-0.15, -0.1) is 0 Å². The molecule has 0 radical (unpaired) electrons. The third-order valence-corrected chi connectivity index (χ3v) is 2.12. The zero-order chi connectivity index (χ0) is 13.7. The molecule has 7 heteroatoms. The molecule has 0 fully saturated rings. The Labute approximate surface area is 107 Å². The summed E-state index contributed by atoms with van der Waals surface area (Å²) in [6.07, 6.45) is 1.08. The normalized spacial score (nSPS) is 10.5. The van der Waals surface area contributed by atoms with Crippen molar-refractivity contribution < 1.29 is 19.0 Å². The molecule has 7 nitrogen and oxygen atoms in total. The summed E-state index contributed by atoms with van der Waals surface area (Å²) >= 11 is 0. The molecule has 0 bridgehead atoms. The molecule has 19 heavy (non-hydrogen) atoms. The SMILES string of the molecule is O=C(O/N=C\c1ccc([N+](=O)[O-])o1)c1ccccc1. The summed E-state index contributed by atoms with van der Waals surface area (Å²) in [5.41, 5.74) is 0.352. The summed E-state index contributed by atoms with van der Waals surface area (Å²) in [6.45, 7) is 0. The molecule has 0 aliphatic heterocycles. The molecule has 0 aliphatic carbocycles. The first-order valence-corrected chi connectivity index (χ1v) is 5.21. The first kappa shape index (κ1) is 12.5. The van der Waals surface area contributed by atoms with Crippen molar-refractivity contribution in [1.29, 1.82) is 0 Å². The number of hydrogen-bond acceptors (Lipinski definition) is 6. The second-order valence-corrected chi connectivity index (χ2v) is 3.41. The highest BCUT2D eigenvalue weighted by atomic mass is 16.7. The van der Waals surface area contributed by atoms with Crippen LogP contribution in [0.1, 0.15) is 16.1 Å². The van der Waals surface area contributed by atoms with Gasteiger partial charge in [0.25, 0.3) is 0 Å². The zero-order valence-electron chi connectivity index (χ0n) is 9.55. The van der Waals surface area contributed by atoms with E-state index in [-0.39, 0.29) is 5.76 Å². The Morgan fingerprint density at radius 2 is 2.00 bits per heavy atom. The van der Waals surface area contributed by atoms with Gasteiger partial charge in [-0.25, -0.2) is 4.79 Å². The second-order valence-electron chi connectivity index (χ2n) is 3.41. The van der Waals surface area contributed by atoms with Crippen molar-refractivity contribution in [3.63, 3.8) is 0 Å². The van der Waals surface area contributed by atoms with Gasteiger partial charge in [0.1, 0.15) is 11.1 Å². The number of rotatable bonds is 4. The van der Waals surface area contributed by atoms with Gasteiger partial charge in [-0.1, -0.05) is 23.4 Å². The fourth-order valence-electron chi connectivity index (χ4n) is 1.26. The van der Waals surface area contributed by atoms with E-state index in [0.717, 1.165) is 6.21 Å². The molecule has 1 heterocycles. The lowest BCUT2D eigenvalue weighted by molar-refractivity contribution is -0.402. The Hall–Kier alpha value is -2.96. The minimum Gasteiger partial charge on any atom is -0.400 e. The van der Waals surface area contributed by atoms with Crippen molar-refractivity contribution in [2.75, 3.05) is 0 Å². The lowest BCUT2D eigenvalue weighted by Crippen LogP contribution is -2.00. The topological polar surface area (TPSA) is 94.9 Å². The van der Waals surface area contributed by atoms with Gasteiger partial charge in [0.2, 0.25) is 0 Å². The largest absolute Gasteiger partial charge is 0.433 e. The Morgan fingerprint density at radius 3 is 2.63 bits per heavy atom. The molecule has 0 N–H and O–H groups in total. The van der Waals surface area contributed by atoms with E-state index in [0.29, 0.717) is 5.56 Å². The van der Waals surface area contributed by atoms with Crippen molar-refractivity contribution in [2.24, 2.45) is 5.16 Å². The molecule has 2 aromatic rings. The van der Waals surface area contributed by atoms with E-state index in [2.05, 4.69) is 9.99 Å². The van der Waals surface area contributed by atoms with Gasteiger partial charge in [0.15, 0.2) is 5.76 Å². The highest BCUT2D eigenvalue weighted by Crippen LogP contribution is 2.13. The molecule has 0 atom stereocenters. The molecule has 1 aromatic heterocycles. The predicted molar refractivity (Wildman–Crippen MR) is 64.8 cm³/mol. The van der Waals surface area contributed by atoms with E-state index >= 15 is 0 Å². The third-order valence-electron chi connectivity index (χ3n) is 2.12. The zero-order valence-corrected chi connectivity index (χ0v) is 9.55. The molecular weight excluding hydrogens is 252 g/mol. The summed E-state index contributed by atoms with van der Waals surface area (Å²) in [6, 6.07) is 10.8. The van der Waals surface area contributed by atoms with Crippen LogP contribution < -0.4 is 0 Å². The molecule has 0 unspecified atom stereocenters. The number of carbonyl (C=O) groups is 1. The lowest BCUT2D eigenvalue weighted by atomic mass is 10.2. The second kappa shape index (κ2) is 5.58. The molecule has 96 valence electrons. The molecule has 0 spiro atoms. The van der Waals surface area contributed by atoms with Crippen molar-refractivity contribution in [3.8, 4) is 0 Å². The lowest BCUT2D eigenvalue weighted by Gasteiger charge is -1.95. The van der Waals surface area contributed by atoms with Crippen LogP contribution in [0.4, 0.5) is 5.88 Å². The van der Waals surface area contributed by atoms with E-state index in [1.54, 1.807) is 30.3 Å². The van der Waals surface area contributed by atoms with Gasteiger partial charge >= 0.3 is 11.9 Å². The van der Waals surface area contributed by atoms with E-state index < -0.39 is 16.8 Å². The van der Waals surface area contributed by atoms with Crippen LogP contribution in [0.2, 0.25) is 0 Å². The molecule has 0 aliphatic rings. The number of furan rings is 1. The first-order valence-electron chi connectivity index (χ1n) is 5.21. The quantitative estimate of drug-likeness (QED) is 0.364. The fourth-order valence-corrected chi connectivity index (χ4v) is 1.26. The number of nitrogens with zero attached hydrogens (tertiary/aromatic N) is 2. The Kier molecular flexibility index (Phi) is 3.67. The Morgan fingerprint density at radius 1 is 1.26 bits per heavy atom. The fraction of sp³-hybridized carbons (Fsp3) is 0. The minimum atomic E-state index is -0.673. The maximum Gasteiger partial charge on any atom is 0.433 e. The number of carbonyl (C=O) groups excluding carboxylic acids is 1. The summed E-state index contributed by atoms with van der Waals surface area (Å²) < 4.78 is 4.79. The average Bonchev–Trinajstić information content (AvgIpc) is 2.89. The van der Waals surface area contributed by atoms with E-state index in [4.69, 9.17) is 4.42 Å². The van der Waals surface area contributed by atoms with Crippen molar-refractivity contribution in [2.45, 2.75) is 0 Å². The standard InChI is InChI=1S/C12H8N2O5/c15-12(9-4-2-1-3-5-9)19-13-8-10-6-7-11(18-10)14(16)17/h1-8H/b13-8-. The van der Waals surface area contributed by atoms with Crippen LogP contribution in [0, 0.1) is 10.1 Å². The van der Waals surface area contributed by atoms with Crippen LogP contribution in [-0.2, 0) is 4.84 Å². The number of benzene rings is 1. The van der Waals surface area contributed by atoms with Crippen LogP contribution in [0.5, 0.6) is 0 Å². The predicted octanol–water partition coefficient (Wildman–Crippen LogP) is 2.38. The number of oxime groups is 1. The Bertz CT molecular complexity index is 618. The van der Waals surface area contributed by atoms with Gasteiger partial charge < -0.3 is 9.25 Å². The van der Waals surface area contributed by atoms with Crippen molar-refractivity contribution in [1.82, 2.24) is 0 Å². The summed E-state index contributed by atoms with van der Waals surface area (Å²) in [4.78, 5) is 25.8. The molecule has 1 aromatic carbocycles. The van der Waals surface area contributed by atoms with Crippen LogP contribution in [0.25, 0.3) is 0 Å². The van der Waals surface area contributed by atoms with Crippen molar-refractivity contribution in [3.05, 3.63) is 63.9 Å². The van der Waals surface area contributed by atoms with Gasteiger partial charge in [-0.2, -0.15) is 0 Å². The van der Waals surface area contributed by atoms with E-state index in [9.17, 15) is 14.9 Å². The summed E-state index contributed by atoms with van der Waals surface area (Å²) in [5.74, 6) is -0.915. The highest BCUT2D eigenvalue weighted by Gasteiger charge is 2.10. The maximum absolute atomic E-state index is 11.5. The molecule has 2 rings (SSSR count). The minimum absolute atomic E-state index is 0.118. The van der Waals surface area contributed by atoms with Gasteiger partial charge in [-0.05, 0) is 18.2 Å². The number of nitro groups is 1. The van der Waals surface area contributed by atoms with Crippen LogP contribution in [-0.4, -0.2) is 17.1 Å². The van der Waals surface area contributed by atoms with Gasteiger partial charge in [-0.3, -0.25) is 10.1 Å². The monoisotopic (exact) mass is 260 g/mol. The summed E-state index contributed by atoms with van der Waals surface area (Å²) in [7, 11) is 0. The number of hydrogen-bond donors (Lipinski definition) is 0. The van der Waals surface area contributed by atoms with E-state index in [1.807, 2.05) is 0 Å². The summed E-state index contributed by atoms with van der Waals surface area (Å²) in [5, 5.41) is 13.8. The van der Waals surface area contributed by atoms with Crippen LogP contribution in [0.15, 0.2) is 52.0 Å². The molecular formula is C12H8N2O5. The van der Waals surface area contributed by atoms with Crippen LogP contribution >= 0.6 is 0 Å².